The fourth-order valence-corrected chi connectivity index (χ4v) is 2.12. The molecular formula is C17H25N3O5. The highest BCUT2D eigenvalue weighted by molar-refractivity contribution is 5.97. The van der Waals surface area contributed by atoms with Crippen molar-refractivity contribution in [3.63, 3.8) is 0 Å². The van der Waals surface area contributed by atoms with Gasteiger partial charge in [0.25, 0.3) is 5.91 Å². The van der Waals surface area contributed by atoms with E-state index < -0.39 is 23.8 Å². The topological polar surface area (TPSA) is 128 Å². The number of aliphatic hydroxyl groups excluding tert-OH is 1. The summed E-state index contributed by atoms with van der Waals surface area (Å²) in [5.41, 5.74) is 2.92. The molecule has 5 N–H and O–H groups in total. The molecule has 0 saturated heterocycles. The minimum absolute atomic E-state index is 0.0418. The second-order valence-corrected chi connectivity index (χ2v) is 5.69. The third-order valence-electron chi connectivity index (χ3n) is 3.60. The molecule has 0 heterocycles. The number of unbranched alkanes of at least 4 members (excludes halogenated alkanes) is 1. The van der Waals surface area contributed by atoms with Gasteiger partial charge in [-0.25, -0.2) is 5.48 Å². The maximum atomic E-state index is 12.3. The number of amides is 3. The summed E-state index contributed by atoms with van der Waals surface area (Å²) < 4.78 is 0. The second-order valence-electron chi connectivity index (χ2n) is 5.69. The molecule has 0 fully saturated rings. The van der Waals surface area contributed by atoms with Crippen LogP contribution in [0.15, 0.2) is 24.3 Å². The van der Waals surface area contributed by atoms with Crippen LogP contribution in [-0.2, 0) is 9.59 Å². The maximum Gasteiger partial charge on any atom is 0.251 e. The minimum atomic E-state index is -0.903. The predicted molar refractivity (Wildman–Crippen MR) is 90.9 cm³/mol. The molecule has 25 heavy (non-hydrogen) atoms. The smallest absolute Gasteiger partial charge is 0.251 e. The van der Waals surface area contributed by atoms with Crippen molar-refractivity contribution in [2.24, 2.45) is 0 Å². The average molecular weight is 351 g/mol. The first-order chi connectivity index (χ1) is 12.0. The number of hydrogen-bond donors (Lipinski definition) is 5. The van der Waals surface area contributed by atoms with Crippen LogP contribution in [0.4, 0.5) is 0 Å². The molecular weight excluding hydrogens is 326 g/mol. The molecule has 3 amide bonds. The van der Waals surface area contributed by atoms with Gasteiger partial charge in [0.05, 0.1) is 0 Å². The van der Waals surface area contributed by atoms with E-state index in [1.165, 1.54) is 5.48 Å². The van der Waals surface area contributed by atoms with E-state index in [0.29, 0.717) is 24.9 Å². The highest BCUT2D eigenvalue weighted by Crippen LogP contribution is 2.05. The Kier molecular flexibility index (Phi) is 9.20. The fourth-order valence-electron chi connectivity index (χ4n) is 2.12. The molecule has 1 unspecified atom stereocenters. The zero-order chi connectivity index (χ0) is 18.7. The summed E-state index contributed by atoms with van der Waals surface area (Å²) in [5, 5.41) is 22.6. The summed E-state index contributed by atoms with van der Waals surface area (Å²) in [7, 11) is 0. The van der Waals surface area contributed by atoms with Gasteiger partial charge in [-0.15, -0.1) is 0 Å². The molecule has 8 heteroatoms. The van der Waals surface area contributed by atoms with Crippen molar-refractivity contribution in [2.45, 2.75) is 38.6 Å². The molecule has 1 atom stereocenters. The van der Waals surface area contributed by atoms with Gasteiger partial charge in [-0.1, -0.05) is 17.7 Å². The van der Waals surface area contributed by atoms with Gasteiger partial charge in [0, 0.05) is 25.1 Å². The van der Waals surface area contributed by atoms with Gasteiger partial charge in [0.1, 0.15) is 6.04 Å². The van der Waals surface area contributed by atoms with E-state index in [4.69, 9.17) is 10.3 Å². The van der Waals surface area contributed by atoms with Gasteiger partial charge in [0.15, 0.2) is 0 Å². The summed E-state index contributed by atoms with van der Waals surface area (Å²) in [6.45, 7) is 2.31. The molecule has 0 aliphatic rings. The molecule has 138 valence electrons. The van der Waals surface area contributed by atoms with Crippen molar-refractivity contribution in [1.29, 1.82) is 0 Å². The van der Waals surface area contributed by atoms with Crippen LogP contribution in [0.5, 0.6) is 0 Å². The Morgan fingerprint density at radius 2 is 1.80 bits per heavy atom. The lowest BCUT2D eigenvalue weighted by Gasteiger charge is -2.18. The summed E-state index contributed by atoms with van der Waals surface area (Å²) in [6.07, 6.45) is 1.11. The Morgan fingerprint density at radius 1 is 1.12 bits per heavy atom. The molecule has 0 aliphatic heterocycles. The highest BCUT2D eigenvalue weighted by Gasteiger charge is 2.22. The first kappa shape index (κ1) is 20.6. The van der Waals surface area contributed by atoms with Crippen LogP contribution >= 0.6 is 0 Å². The Bertz CT molecular complexity index is 574. The first-order valence-corrected chi connectivity index (χ1v) is 8.17. The number of hydroxylamine groups is 1. The van der Waals surface area contributed by atoms with Gasteiger partial charge in [0.2, 0.25) is 11.8 Å². The van der Waals surface area contributed by atoms with Crippen molar-refractivity contribution >= 4 is 17.7 Å². The number of nitrogens with one attached hydrogen (secondary N) is 3. The molecule has 0 spiro atoms. The third-order valence-corrected chi connectivity index (χ3v) is 3.60. The number of carbonyl (C=O) groups is 3. The van der Waals surface area contributed by atoms with Crippen LogP contribution in [0, 0.1) is 6.92 Å². The Labute approximate surface area is 146 Å². The van der Waals surface area contributed by atoms with Crippen molar-refractivity contribution in [1.82, 2.24) is 16.1 Å². The summed E-state index contributed by atoms with van der Waals surface area (Å²) >= 11 is 0. The molecule has 0 radical (unpaired) electrons. The van der Waals surface area contributed by atoms with Crippen molar-refractivity contribution in [3.05, 3.63) is 35.4 Å². The average Bonchev–Trinajstić information content (AvgIpc) is 2.62. The number of carbonyl (C=O) groups excluding carboxylic acids is 3. The molecule has 1 rings (SSSR count). The lowest BCUT2D eigenvalue weighted by atomic mass is 10.1. The largest absolute Gasteiger partial charge is 0.396 e. The summed E-state index contributed by atoms with van der Waals surface area (Å²) in [5.74, 6) is -1.47. The van der Waals surface area contributed by atoms with Crippen LogP contribution in [0.1, 0.15) is 41.6 Å². The number of hydrogen-bond acceptors (Lipinski definition) is 5. The highest BCUT2D eigenvalue weighted by atomic mass is 16.5. The number of aryl methyl sites for hydroxylation is 1. The molecule has 1 aromatic carbocycles. The molecule has 0 saturated carbocycles. The molecule has 0 aromatic heterocycles. The Hall–Kier alpha value is -2.45. The minimum Gasteiger partial charge on any atom is -0.396 e. The number of aliphatic hydroxyl groups is 1. The molecule has 1 aromatic rings. The van der Waals surface area contributed by atoms with E-state index in [9.17, 15) is 14.4 Å². The zero-order valence-electron chi connectivity index (χ0n) is 14.2. The van der Waals surface area contributed by atoms with Gasteiger partial charge >= 0.3 is 0 Å². The van der Waals surface area contributed by atoms with Crippen LogP contribution < -0.4 is 16.1 Å². The van der Waals surface area contributed by atoms with E-state index in [2.05, 4.69) is 10.6 Å². The number of benzene rings is 1. The summed E-state index contributed by atoms with van der Waals surface area (Å²) in [6, 6.07) is 5.99. The van der Waals surface area contributed by atoms with Gasteiger partial charge in [-0.3, -0.25) is 19.6 Å². The predicted octanol–water partition coefficient (Wildman–Crippen LogP) is 0.268. The van der Waals surface area contributed by atoms with Crippen molar-refractivity contribution < 1.29 is 24.7 Å². The normalized spacial score (nSPS) is 11.5. The molecule has 0 bridgehead atoms. The SMILES string of the molecule is Cc1ccc(C(=O)NC(CCC(=O)NO)C(=O)NCCCCO)cc1. The quantitative estimate of drug-likeness (QED) is 0.235. The van der Waals surface area contributed by atoms with E-state index in [1.54, 1.807) is 24.3 Å². The van der Waals surface area contributed by atoms with E-state index >= 15 is 0 Å². The monoisotopic (exact) mass is 351 g/mol. The van der Waals surface area contributed by atoms with E-state index in [0.717, 1.165) is 5.56 Å². The van der Waals surface area contributed by atoms with Gasteiger partial charge in [-0.2, -0.15) is 0 Å². The second kappa shape index (κ2) is 11.2. The third kappa shape index (κ3) is 7.77. The Morgan fingerprint density at radius 3 is 2.40 bits per heavy atom. The van der Waals surface area contributed by atoms with Crippen LogP contribution in [0.25, 0.3) is 0 Å². The van der Waals surface area contributed by atoms with Gasteiger partial charge in [-0.05, 0) is 38.3 Å². The van der Waals surface area contributed by atoms with E-state index in [1.807, 2.05) is 6.92 Å². The standard InChI is InChI=1S/C17H25N3O5/c1-12-4-6-13(7-5-12)16(23)19-14(8-9-15(22)20-25)17(24)18-10-2-3-11-21/h4-7,14,21,25H,2-3,8-11H2,1H3,(H,18,24)(H,19,23)(H,20,22). The Balaban J connectivity index is 2.68. The maximum absolute atomic E-state index is 12.3. The van der Waals surface area contributed by atoms with Gasteiger partial charge < -0.3 is 15.7 Å². The first-order valence-electron chi connectivity index (χ1n) is 8.17. The van der Waals surface area contributed by atoms with Crippen LogP contribution in [0.3, 0.4) is 0 Å². The lowest BCUT2D eigenvalue weighted by Crippen LogP contribution is -2.47. The van der Waals surface area contributed by atoms with Crippen LogP contribution in [0.2, 0.25) is 0 Å². The summed E-state index contributed by atoms with van der Waals surface area (Å²) in [4.78, 5) is 35.7. The molecule has 0 aliphatic carbocycles. The van der Waals surface area contributed by atoms with E-state index in [-0.39, 0.29) is 19.4 Å². The van der Waals surface area contributed by atoms with Crippen molar-refractivity contribution in [3.8, 4) is 0 Å². The van der Waals surface area contributed by atoms with Crippen LogP contribution in [-0.4, -0.2) is 47.2 Å². The zero-order valence-corrected chi connectivity index (χ0v) is 14.2. The molecule has 8 nitrogen and oxygen atoms in total. The fraction of sp³-hybridized carbons (Fsp3) is 0.471. The number of rotatable bonds is 10. The lowest BCUT2D eigenvalue weighted by molar-refractivity contribution is -0.129. The van der Waals surface area contributed by atoms with Crippen molar-refractivity contribution in [2.75, 3.05) is 13.2 Å².